The van der Waals surface area contributed by atoms with Gasteiger partial charge in [-0.15, -0.1) is 0 Å². The Kier molecular flexibility index (Phi) is 3.82. The molecular formula is C12H16BrNOS. The zero-order valence-electron chi connectivity index (χ0n) is 9.50. The molecule has 1 aromatic rings. The van der Waals surface area contributed by atoms with E-state index in [1.165, 1.54) is 11.1 Å². The molecule has 0 spiro atoms. The first-order valence-electron chi connectivity index (χ1n) is 5.41. The van der Waals surface area contributed by atoms with Crippen LogP contribution in [0.5, 0.6) is 5.75 Å². The number of fused-ring (bicyclic) bond motifs is 1. The first-order chi connectivity index (χ1) is 7.69. The number of rotatable bonds is 2. The quantitative estimate of drug-likeness (QED) is 0.908. The van der Waals surface area contributed by atoms with Gasteiger partial charge in [0.1, 0.15) is 5.75 Å². The van der Waals surface area contributed by atoms with E-state index in [0.29, 0.717) is 5.25 Å². The molecule has 1 aliphatic heterocycles. The molecule has 2 rings (SSSR count). The van der Waals surface area contributed by atoms with E-state index in [4.69, 9.17) is 10.5 Å². The SMILES string of the molecule is CCC1SCc2c(Br)ccc(OC)c2C1N. The van der Waals surface area contributed by atoms with Crippen LogP contribution in [-0.4, -0.2) is 12.4 Å². The first-order valence-corrected chi connectivity index (χ1v) is 7.25. The molecule has 1 aliphatic rings. The Balaban J connectivity index is 2.51. The second kappa shape index (κ2) is 4.98. The van der Waals surface area contributed by atoms with Crippen molar-refractivity contribution in [1.29, 1.82) is 0 Å². The summed E-state index contributed by atoms with van der Waals surface area (Å²) in [4.78, 5) is 0. The van der Waals surface area contributed by atoms with Crippen LogP contribution in [0.15, 0.2) is 16.6 Å². The molecule has 0 aliphatic carbocycles. The van der Waals surface area contributed by atoms with Crippen LogP contribution in [0.2, 0.25) is 0 Å². The summed E-state index contributed by atoms with van der Waals surface area (Å²) in [6.45, 7) is 2.19. The normalized spacial score (nSPS) is 24.0. The fourth-order valence-electron chi connectivity index (χ4n) is 2.16. The number of ether oxygens (including phenoxy) is 1. The van der Waals surface area contributed by atoms with Crippen molar-refractivity contribution in [2.75, 3.05) is 7.11 Å². The van der Waals surface area contributed by atoms with E-state index < -0.39 is 0 Å². The molecule has 4 heteroatoms. The number of methoxy groups -OCH3 is 1. The number of nitrogens with two attached hydrogens (primary N) is 1. The second-order valence-corrected chi connectivity index (χ2v) is 6.01. The zero-order chi connectivity index (χ0) is 11.7. The van der Waals surface area contributed by atoms with Gasteiger partial charge in [-0.05, 0) is 24.1 Å². The monoisotopic (exact) mass is 301 g/mol. The zero-order valence-corrected chi connectivity index (χ0v) is 11.9. The van der Waals surface area contributed by atoms with Crippen molar-refractivity contribution >= 4 is 27.7 Å². The highest BCUT2D eigenvalue weighted by atomic mass is 79.9. The molecule has 1 aromatic carbocycles. The number of halogens is 1. The van der Waals surface area contributed by atoms with Gasteiger partial charge in [0.25, 0.3) is 0 Å². The fourth-order valence-corrected chi connectivity index (χ4v) is 4.10. The van der Waals surface area contributed by atoms with Gasteiger partial charge in [-0.2, -0.15) is 11.8 Å². The van der Waals surface area contributed by atoms with Gasteiger partial charge in [-0.3, -0.25) is 0 Å². The smallest absolute Gasteiger partial charge is 0.124 e. The summed E-state index contributed by atoms with van der Waals surface area (Å²) in [5, 5.41) is 0.496. The summed E-state index contributed by atoms with van der Waals surface area (Å²) in [7, 11) is 1.71. The van der Waals surface area contributed by atoms with Crippen LogP contribution in [0.4, 0.5) is 0 Å². The predicted octanol–water partition coefficient (Wildman–Crippen LogP) is 3.48. The molecular weight excluding hydrogens is 286 g/mol. The van der Waals surface area contributed by atoms with E-state index in [2.05, 4.69) is 22.9 Å². The highest BCUT2D eigenvalue weighted by Gasteiger charge is 2.30. The summed E-state index contributed by atoms with van der Waals surface area (Å²) in [5.41, 5.74) is 8.80. The lowest BCUT2D eigenvalue weighted by Crippen LogP contribution is -2.28. The van der Waals surface area contributed by atoms with Crippen LogP contribution in [0.1, 0.15) is 30.5 Å². The van der Waals surface area contributed by atoms with Crippen LogP contribution >= 0.6 is 27.7 Å². The third kappa shape index (κ3) is 1.98. The molecule has 0 saturated carbocycles. The van der Waals surface area contributed by atoms with Gasteiger partial charge in [0.15, 0.2) is 0 Å². The molecule has 2 nitrogen and oxygen atoms in total. The van der Waals surface area contributed by atoms with Gasteiger partial charge in [0.2, 0.25) is 0 Å². The molecule has 2 atom stereocenters. The van der Waals surface area contributed by atoms with Crippen molar-refractivity contribution in [3.05, 3.63) is 27.7 Å². The van der Waals surface area contributed by atoms with E-state index in [-0.39, 0.29) is 6.04 Å². The molecule has 0 amide bonds. The lowest BCUT2D eigenvalue weighted by Gasteiger charge is -2.31. The van der Waals surface area contributed by atoms with Gasteiger partial charge in [-0.1, -0.05) is 22.9 Å². The topological polar surface area (TPSA) is 35.2 Å². The molecule has 2 unspecified atom stereocenters. The van der Waals surface area contributed by atoms with Gasteiger partial charge >= 0.3 is 0 Å². The van der Waals surface area contributed by atoms with Crippen LogP contribution in [0, 0.1) is 0 Å². The van der Waals surface area contributed by atoms with E-state index in [1.54, 1.807) is 7.11 Å². The Morgan fingerprint density at radius 3 is 2.94 bits per heavy atom. The number of benzene rings is 1. The Morgan fingerprint density at radius 1 is 1.56 bits per heavy atom. The van der Waals surface area contributed by atoms with Crippen molar-refractivity contribution in [3.8, 4) is 5.75 Å². The number of thioether (sulfide) groups is 1. The second-order valence-electron chi connectivity index (χ2n) is 3.93. The fraction of sp³-hybridized carbons (Fsp3) is 0.500. The molecule has 2 N–H and O–H groups in total. The molecule has 16 heavy (non-hydrogen) atoms. The van der Waals surface area contributed by atoms with Crippen LogP contribution in [0.25, 0.3) is 0 Å². The van der Waals surface area contributed by atoms with Crippen LogP contribution in [-0.2, 0) is 5.75 Å². The minimum absolute atomic E-state index is 0.0752. The van der Waals surface area contributed by atoms with Crippen molar-refractivity contribution in [2.45, 2.75) is 30.4 Å². The van der Waals surface area contributed by atoms with Crippen molar-refractivity contribution in [1.82, 2.24) is 0 Å². The summed E-state index contributed by atoms with van der Waals surface area (Å²) < 4.78 is 6.56. The van der Waals surface area contributed by atoms with E-state index in [0.717, 1.165) is 22.4 Å². The Labute approximate surface area is 109 Å². The predicted molar refractivity (Wildman–Crippen MR) is 73.0 cm³/mol. The molecule has 88 valence electrons. The van der Waals surface area contributed by atoms with E-state index in [1.807, 2.05) is 23.9 Å². The third-order valence-corrected chi connectivity index (χ3v) is 5.31. The minimum Gasteiger partial charge on any atom is -0.496 e. The number of hydrogen-bond acceptors (Lipinski definition) is 3. The largest absolute Gasteiger partial charge is 0.496 e. The third-order valence-electron chi connectivity index (χ3n) is 3.06. The lowest BCUT2D eigenvalue weighted by atomic mass is 9.96. The molecule has 1 heterocycles. The van der Waals surface area contributed by atoms with Gasteiger partial charge < -0.3 is 10.5 Å². The summed E-state index contributed by atoms with van der Waals surface area (Å²) >= 11 is 5.53. The first kappa shape index (κ1) is 12.3. The maximum atomic E-state index is 6.32. The summed E-state index contributed by atoms with van der Waals surface area (Å²) in [5.74, 6) is 1.93. The molecule has 0 saturated heterocycles. The Bertz CT molecular complexity index is 397. The summed E-state index contributed by atoms with van der Waals surface area (Å²) in [6.07, 6.45) is 1.10. The Hall–Kier alpha value is -0.190. The average Bonchev–Trinajstić information content (AvgIpc) is 2.31. The van der Waals surface area contributed by atoms with E-state index >= 15 is 0 Å². The Morgan fingerprint density at radius 2 is 2.31 bits per heavy atom. The maximum absolute atomic E-state index is 6.32. The molecule has 0 bridgehead atoms. The van der Waals surface area contributed by atoms with Gasteiger partial charge in [-0.25, -0.2) is 0 Å². The highest BCUT2D eigenvalue weighted by Crippen LogP contribution is 2.44. The van der Waals surface area contributed by atoms with Gasteiger partial charge in [0, 0.05) is 27.1 Å². The standard InChI is InChI=1S/C12H16BrNOS/c1-3-10-12(14)11-7(6-16-10)8(13)4-5-9(11)15-2/h4-5,10,12H,3,6,14H2,1-2H3. The molecule has 0 fully saturated rings. The maximum Gasteiger partial charge on any atom is 0.124 e. The summed E-state index contributed by atoms with van der Waals surface area (Å²) in [6, 6.07) is 4.11. The highest BCUT2D eigenvalue weighted by molar-refractivity contribution is 9.10. The lowest BCUT2D eigenvalue weighted by molar-refractivity contribution is 0.403. The molecule has 0 radical (unpaired) electrons. The van der Waals surface area contributed by atoms with Crippen LogP contribution in [0.3, 0.4) is 0 Å². The van der Waals surface area contributed by atoms with Crippen molar-refractivity contribution < 1.29 is 4.74 Å². The molecule has 0 aromatic heterocycles. The van der Waals surface area contributed by atoms with Crippen LogP contribution < -0.4 is 10.5 Å². The average molecular weight is 302 g/mol. The van der Waals surface area contributed by atoms with Gasteiger partial charge in [0.05, 0.1) is 7.11 Å². The number of hydrogen-bond donors (Lipinski definition) is 1. The minimum atomic E-state index is 0.0752. The van der Waals surface area contributed by atoms with E-state index in [9.17, 15) is 0 Å². The van der Waals surface area contributed by atoms with Crippen molar-refractivity contribution in [3.63, 3.8) is 0 Å². The van der Waals surface area contributed by atoms with Crippen molar-refractivity contribution in [2.24, 2.45) is 5.73 Å².